The lowest BCUT2D eigenvalue weighted by atomic mass is 10.1. The number of aliphatic imine (C=N–C) groups is 1. The van der Waals surface area contributed by atoms with Crippen LogP contribution in [-0.2, 0) is 13.0 Å². The Morgan fingerprint density at radius 1 is 1.09 bits per heavy atom. The Kier molecular flexibility index (Phi) is 6.59. The van der Waals surface area contributed by atoms with Crippen LogP contribution in [0.2, 0.25) is 0 Å². The lowest BCUT2D eigenvalue weighted by molar-refractivity contribution is 0.555. The summed E-state index contributed by atoms with van der Waals surface area (Å²) in [7, 11) is 0. The molecule has 0 aliphatic heterocycles. The molecule has 0 saturated carbocycles. The third-order valence-electron chi connectivity index (χ3n) is 3.37. The molecule has 2 rings (SSSR count). The van der Waals surface area contributed by atoms with Crippen molar-refractivity contribution in [1.29, 1.82) is 0 Å². The normalized spacial score (nSPS) is 11.5. The lowest BCUT2D eigenvalue weighted by Gasteiger charge is -2.12. The van der Waals surface area contributed by atoms with Crippen LogP contribution in [0.4, 0.5) is 8.78 Å². The van der Waals surface area contributed by atoms with Gasteiger partial charge in [-0.05, 0) is 37.6 Å². The van der Waals surface area contributed by atoms with E-state index in [4.69, 9.17) is 0 Å². The number of nitrogens with zero attached hydrogens (tertiary/aromatic N) is 2. The Bertz CT molecular complexity index is 603. The van der Waals surface area contributed by atoms with Gasteiger partial charge in [0, 0.05) is 44.1 Å². The quantitative estimate of drug-likeness (QED) is 0.608. The summed E-state index contributed by atoms with van der Waals surface area (Å²) in [6.45, 7) is 4.55. The van der Waals surface area contributed by atoms with E-state index in [2.05, 4.69) is 20.2 Å². The highest BCUT2D eigenvalue weighted by molar-refractivity contribution is 5.79. The number of rotatable bonds is 7. The van der Waals surface area contributed by atoms with Crippen molar-refractivity contribution < 1.29 is 8.78 Å². The average Bonchev–Trinajstić information content (AvgIpc) is 3.03. The SMILES string of the molecule is CCNC(=NCCc1c(F)cccc1F)NCCn1cccc1. The molecule has 2 N–H and O–H groups in total. The standard InChI is InChI=1S/C17H22F2N4/c1-2-20-17(22-10-13-23-11-3-4-12-23)21-9-8-14-15(18)6-5-7-16(14)19/h3-7,11-12H,2,8-10,13H2,1H3,(H2,20,21,22). The van der Waals surface area contributed by atoms with Crippen molar-refractivity contribution in [3.63, 3.8) is 0 Å². The molecule has 0 unspecified atom stereocenters. The molecule has 23 heavy (non-hydrogen) atoms. The van der Waals surface area contributed by atoms with Crippen molar-refractivity contribution in [3.8, 4) is 0 Å². The van der Waals surface area contributed by atoms with Crippen LogP contribution in [-0.4, -0.2) is 30.2 Å². The lowest BCUT2D eigenvalue weighted by Crippen LogP contribution is -2.39. The van der Waals surface area contributed by atoms with Crippen LogP contribution in [0.5, 0.6) is 0 Å². The summed E-state index contributed by atoms with van der Waals surface area (Å²) in [4.78, 5) is 4.36. The molecule has 0 saturated heterocycles. The van der Waals surface area contributed by atoms with E-state index in [0.717, 1.165) is 13.1 Å². The van der Waals surface area contributed by atoms with Gasteiger partial charge < -0.3 is 15.2 Å². The average molecular weight is 320 g/mol. The highest BCUT2D eigenvalue weighted by atomic mass is 19.1. The number of hydrogen-bond acceptors (Lipinski definition) is 1. The van der Waals surface area contributed by atoms with Gasteiger partial charge in [-0.1, -0.05) is 6.07 Å². The molecule has 0 aliphatic rings. The molecule has 0 fully saturated rings. The maximum atomic E-state index is 13.6. The number of nitrogens with one attached hydrogen (secondary N) is 2. The molecule has 0 aliphatic carbocycles. The summed E-state index contributed by atoms with van der Waals surface area (Å²) in [5.74, 6) is -0.395. The van der Waals surface area contributed by atoms with E-state index in [1.807, 2.05) is 31.5 Å². The Balaban J connectivity index is 1.85. The highest BCUT2D eigenvalue weighted by Crippen LogP contribution is 2.12. The molecule has 0 bridgehead atoms. The Morgan fingerprint density at radius 3 is 2.43 bits per heavy atom. The summed E-state index contributed by atoms with van der Waals surface area (Å²) >= 11 is 0. The minimum Gasteiger partial charge on any atom is -0.357 e. The molecule has 0 radical (unpaired) electrons. The van der Waals surface area contributed by atoms with Gasteiger partial charge >= 0.3 is 0 Å². The smallest absolute Gasteiger partial charge is 0.191 e. The molecule has 0 atom stereocenters. The molecule has 2 aromatic rings. The second kappa shape index (κ2) is 8.92. The molecule has 0 amide bonds. The van der Waals surface area contributed by atoms with E-state index in [0.29, 0.717) is 19.0 Å². The van der Waals surface area contributed by atoms with Gasteiger partial charge in [0.15, 0.2) is 5.96 Å². The summed E-state index contributed by atoms with van der Waals surface area (Å²) in [6, 6.07) is 7.85. The number of hydrogen-bond donors (Lipinski definition) is 2. The van der Waals surface area contributed by atoms with Crippen LogP contribution in [0.3, 0.4) is 0 Å². The largest absolute Gasteiger partial charge is 0.357 e. The number of aromatic nitrogens is 1. The van der Waals surface area contributed by atoms with Gasteiger partial charge in [0.1, 0.15) is 11.6 Å². The minimum absolute atomic E-state index is 0.0828. The number of benzene rings is 1. The van der Waals surface area contributed by atoms with Crippen LogP contribution < -0.4 is 10.6 Å². The predicted octanol–water partition coefficient (Wildman–Crippen LogP) is 2.56. The summed E-state index contributed by atoms with van der Waals surface area (Å²) in [5.41, 5.74) is 0.0828. The first-order chi connectivity index (χ1) is 11.2. The van der Waals surface area contributed by atoms with E-state index < -0.39 is 11.6 Å². The molecular weight excluding hydrogens is 298 g/mol. The van der Waals surface area contributed by atoms with Gasteiger partial charge in [-0.2, -0.15) is 0 Å². The van der Waals surface area contributed by atoms with Gasteiger partial charge in [-0.25, -0.2) is 8.78 Å². The topological polar surface area (TPSA) is 41.4 Å². The van der Waals surface area contributed by atoms with Crippen molar-refractivity contribution >= 4 is 5.96 Å². The highest BCUT2D eigenvalue weighted by Gasteiger charge is 2.07. The zero-order valence-corrected chi connectivity index (χ0v) is 13.2. The second-order valence-corrected chi connectivity index (χ2v) is 5.06. The zero-order valence-electron chi connectivity index (χ0n) is 13.2. The Labute approximate surface area is 135 Å². The third kappa shape index (κ3) is 5.39. The fraction of sp³-hybridized carbons (Fsp3) is 0.353. The van der Waals surface area contributed by atoms with Gasteiger partial charge in [-0.15, -0.1) is 0 Å². The fourth-order valence-corrected chi connectivity index (χ4v) is 2.22. The summed E-state index contributed by atoms with van der Waals surface area (Å²) in [5, 5.41) is 6.33. The van der Waals surface area contributed by atoms with E-state index in [9.17, 15) is 8.78 Å². The molecule has 124 valence electrons. The van der Waals surface area contributed by atoms with Crippen LogP contribution >= 0.6 is 0 Å². The number of halogens is 2. The van der Waals surface area contributed by atoms with Crippen molar-refractivity contribution in [2.24, 2.45) is 4.99 Å². The molecule has 6 heteroatoms. The third-order valence-corrected chi connectivity index (χ3v) is 3.37. The Hall–Kier alpha value is -2.37. The van der Waals surface area contributed by atoms with Crippen molar-refractivity contribution in [2.45, 2.75) is 19.9 Å². The maximum Gasteiger partial charge on any atom is 0.191 e. The molecule has 4 nitrogen and oxygen atoms in total. The van der Waals surface area contributed by atoms with Gasteiger partial charge in [-0.3, -0.25) is 4.99 Å². The van der Waals surface area contributed by atoms with Crippen LogP contribution in [0, 0.1) is 11.6 Å². The van der Waals surface area contributed by atoms with Crippen molar-refractivity contribution in [1.82, 2.24) is 15.2 Å². The van der Waals surface area contributed by atoms with Crippen LogP contribution in [0.1, 0.15) is 12.5 Å². The molecular formula is C17H22F2N4. The fourth-order valence-electron chi connectivity index (χ4n) is 2.22. The second-order valence-electron chi connectivity index (χ2n) is 5.06. The first-order valence-corrected chi connectivity index (χ1v) is 7.76. The molecule has 1 heterocycles. The minimum atomic E-state index is -0.522. The first-order valence-electron chi connectivity index (χ1n) is 7.76. The summed E-state index contributed by atoms with van der Waals surface area (Å²) in [6.07, 6.45) is 4.21. The van der Waals surface area contributed by atoms with Gasteiger partial charge in [0.25, 0.3) is 0 Å². The van der Waals surface area contributed by atoms with E-state index in [1.165, 1.54) is 18.2 Å². The first kappa shape index (κ1) is 17.0. The maximum absolute atomic E-state index is 13.6. The monoisotopic (exact) mass is 320 g/mol. The van der Waals surface area contributed by atoms with Crippen LogP contribution in [0.15, 0.2) is 47.7 Å². The molecule has 0 spiro atoms. The van der Waals surface area contributed by atoms with E-state index in [1.54, 1.807) is 0 Å². The van der Waals surface area contributed by atoms with Crippen molar-refractivity contribution in [3.05, 3.63) is 59.9 Å². The predicted molar refractivity (Wildman–Crippen MR) is 88.5 cm³/mol. The van der Waals surface area contributed by atoms with Gasteiger partial charge in [0.2, 0.25) is 0 Å². The van der Waals surface area contributed by atoms with E-state index in [-0.39, 0.29) is 12.0 Å². The van der Waals surface area contributed by atoms with Crippen molar-refractivity contribution in [2.75, 3.05) is 19.6 Å². The van der Waals surface area contributed by atoms with Crippen LogP contribution in [0.25, 0.3) is 0 Å². The molecule has 1 aromatic carbocycles. The van der Waals surface area contributed by atoms with E-state index >= 15 is 0 Å². The number of guanidine groups is 1. The molecule has 1 aromatic heterocycles. The van der Waals surface area contributed by atoms with Gasteiger partial charge in [0.05, 0.1) is 0 Å². The summed E-state index contributed by atoms with van der Waals surface area (Å²) < 4.78 is 29.2. The Morgan fingerprint density at radius 2 is 1.78 bits per heavy atom. The zero-order chi connectivity index (χ0) is 16.5.